The lowest BCUT2D eigenvalue weighted by atomic mass is 9.84. The molecule has 1 atom stereocenters. The van der Waals surface area contributed by atoms with Gasteiger partial charge in [0.15, 0.2) is 17.0 Å². The number of esters is 1. The molecule has 2 rings (SSSR count). The van der Waals surface area contributed by atoms with Gasteiger partial charge in [-0.3, -0.25) is 4.79 Å². The number of alkyl halides is 3. The summed E-state index contributed by atoms with van der Waals surface area (Å²) >= 11 is 0. The Morgan fingerprint density at radius 3 is 2.10 bits per heavy atom. The summed E-state index contributed by atoms with van der Waals surface area (Å²) in [7, 11) is 0. The van der Waals surface area contributed by atoms with Crippen molar-refractivity contribution in [2.75, 3.05) is 0 Å². The molecule has 31 heavy (non-hydrogen) atoms. The van der Waals surface area contributed by atoms with Crippen molar-refractivity contribution >= 4 is 5.97 Å². The smallest absolute Gasteiger partial charge is 0.404 e. The molecule has 0 aliphatic carbocycles. The van der Waals surface area contributed by atoms with Crippen LogP contribution in [0.4, 0.5) is 22.0 Å². The Labute approximate surface area is 179 Å². The van der Waals surface area contributed by atoms with Gasteiger partial charge in [-0.05, 0) is 43.0 Å². The van der Waals surface area contributed by atoms with Crippen molar-refractivity contribution in [2.24, 2.45) is 5.41 Å². The van der Waals surface area contributed by atoms with Gasteiger partial charge in [-0.2, -0.15) is 17.6 Å². The third kappa shape index (κ3) is 5.63. The Morgan fingerprint density at radius 2 is 1.55 bits per heavy atom. The van der Waals surface area contributed by atoms with Crippen molar-refractivity contribution in [1.82, 2.24) is 0 Å². The molecule has 170 valence electrons. The Balaban J connectivity index is 2.29. The molecule has 0 aliphatic rings. The quantitative estimate of drug-likeness (QED) is 0.173. The molecular weight excluding hydrogens is 415 g/mol. The third-order valence-electron chi connectivity index (χ3n) is 5.41. The van der Waals surface area contributed by atoms with E-state index in [2.05, 4.69) is 0 Å². The second-order valence-electron chi connectivity index (χ2n) is 7.86. The summed E-state index contributed by atoms with van der Waals surface area (Å²) in [6.45, 7) is 4.57. The number of hydrogen-bond acceptors (Lipinski definition) is 2. The van der Waals surface area contributed by atoms with Gasteiger partial charge in [0.05, 0.1) is 0 Å². The van der Waals surface area contributed by atoms with Crippen molar-refractivity contribution in [2.45, 2.75) is 65.5 Å². The number of halogens is 5. The molecule has 0 N–H and O–H groups in total. The average molecular weight is 442 g/mol. The van der Waals surface area contributed by atoms with Crippen LogP contribution in [0.1, 0.15) is 58.4 Å². The summed E-state index contributed by atoms with van der Waals surface area (Å²) in [5.41, 5.74) is -1.42. The van der Waals surface area contributed by atoms with E-state index >= 15 is 0 Å². The van der Waals surface area contributed by atoms with Crippen molar-refractivity contribution in [3.05, 3.63) is 53.6 Å². The first-order chi connectivity index (χ1) is 14.5. The summed E-state index contributed by atoms with van der Waals surface area (Å²) in [5, 5.41) is 0. The van der Waals surface area contributed by atoms with Crippen LogP contribution in [0.3, 0.4) is 0 Å². The van der Waals surface area contributed by atoms with Crippen LogP contribution in [0.15, 0.2) is 36.4 Å². The van der Waals surface area contributed by atoms with Crippen LogP contribution in [-0.2, 0) is 11.2 Å². The van der Waals surface area contributed by atoms with Crippen LogP contribution >= 0.6 is 0 Å². The molecule has 1 unspecified atom stereocenters. The van der Waals surface area contributed by atoms with E-state index in [1.165, 1.54) is 6.07 Å². The van der Waals surface area contributed by atoms with E-state index in [-0.39, 0.29) is 12.0 Å². The fourth-order valence-electron chi connectivity index (χ4n) is 3.27. The van der Waals surface area contributed by atoms with Gasteiger partial charge in [0, 0.05) is 5.56 Å². The highest BCUT2D eigenvalue weighted by molar-refractivity contribution is 5.80. The minimum Gasteiger partial charge on any atom is -0.423 e. The van der Waals surface area contributed by atoms with Gasteiger partial charge in [0.1, 0.15) is 0 Å². The molecule has 0 saturated heterocycles. The first-order valence-electron chi connectivity index (χ1n) is 10.4. The second kappa shape index (κ2) is 10.2. The van der Waals surface area contributed by atoms with Crippen LogP contribution in [-0.4, -0.2) is 12.1 Å². The number of aryl methyl sites for hydroxylation is 1. The summed E-state index contributed by atoms with van der Waals surface area (Å²) in [4.78, 5) is 12.4. The van der Waals surface area contributed by atoms with Crippen molar-refractivity contribution in [3.8, 4) is 16.9 Å². The maximum atomic E-state index is 14.6. The topological polar surface area (TPSA) is 26.3 Å². The molecule has 2 aromatic rings. The van der Waals surface area contributed by atoms with Crippen LogP contribution < -0.4 is 4.74 Å². The van der Waals surface area contributed by atoms with Crippen molar-refractivity contribution < 1.29 is 31.5 Å². The zero-order valence-corrected chi connectivity index (χ0v) is 17.9. The van der Waals surface area contributed by atoms with Gasteiger partial charge in [-0.1, -0.05) is 63.8 Å². The Bertz CT molecular complexity index is 890. The normalized spacial score (nSPS) is 13.7. The van der Waals surface area contributed by atoms with E-state index in [4.69, 9.17) is 4.74 Å². The zero-order valence-electron chi connectivity index (χ0n) is 17.9. The lowest BCUT2D eigenvalue weighted by Crippen LogP contribution is -2.45. The SMILES string of the molecule is CCCCCC(C)(C(=O)Oc1ccc(-c2ccc(CCC)cc2)c(F)c1F)C(F)(F)F. The Kier molecular flexibility index (Phi) is 8.21. The van der Waals surface area contributed by atoms with Crippen molar-refractivity contribution in [3.63, 3.8) is 0 Å². The number of carbonyl (C=O) groups is 1. The van der Waals surface area contributed by atoms with Crippen LogP contribution in [0.25, 0.3) is 11.1 Å². The maximum absolute atomic E-state index is 14.6. The largest absolute Gasteiger partial charge is 0.423 e. The summed E-state index contributed by atoms with van der Waals surface area (Å²) in [6.07, 6.45) is -2.24. The highest BCUT2D eigenvalue weighted by Crippen LogP contribution is 2.44. The average Bonchev–Trinajstić information content (AvgIpc) is 2.71. The molecule has 0 bridgehead atoms. The molecule has 0 aliphatic heterocycles. The molecule has 7 heteroatoms. The summed E-state index contributed by atoms with van der Waals surface area (Å²) in [6, 6.07) is 9.06. The van der Waals surface area contributed by atoms with Gasteiger partial charge < -0.3 is 4.74 Å². The number of rotatable bonds is 9. The molecule has 0 amide bonds. The predicted octanol–water partition coefficient (Wildman–Crippen LogP) is 7.64. The van der Waals surface area contributed by atoms with Gasteiger partial charge in [0.2, 0.25) is 5.82 Å². The van der Waals surface area contributed by atoms with Crippen molar-refractivity contribution in [1.29, 1.82) is 0 Å². The fourth-order valence-corrected chi connectivity index (χ4v) is 3.27. The van der Waals surface area contributed by atoms with E-state index in [0.717, 1.165) is 31.4 Å². The van der Waals surface area contributed by atoms with E-state index in [9.17, 15) is 26.7 Å². The maximum Gasteiger partial charge on any atom is 0.404 e. The van der Waals surface area contributed by atoms with E-state index in [1.54, 1.807) is 24.3 Å². The first-order valence-corrected chi connectivity index (χ1v) is 10.4. The van der Waals surface area contributed by atoms with Crippen LogP contribution in [0.2, 0.25) is 0 Å². The van der Waals surface area contributed by atoms with Gasteiger partial charge in [-0.25, -0.2) is 4.39 Å². The van der Waals surface area contributed by atoms with Crippen LogP contribution in [0.5, 0.6) is 5.75 Å². The minimum atomic E-state index is -4.88. The molecule has 0 radical (unpaired) electrons. The number of carbonyl (C=O) groups excluding carboxylic acids is 1. The molecular formula is C24H27F5O2. The molecule has 0 spiro atoms. The fraction of sp³-hybridized carbons (Fsp3) is 0.458. The molecule has 0 saturated carbocycles. The second-order valence-corrected chi connectivity index (χ2v) is 7.86. The number of unbranched alkanes of at least 4 members (excludes halogenated alkanes) is 2. The lowest BCUT2D eigenvalue weighted by Gasteiger charge is -2.29. The van der Waals surface area contributed by atoms with Gasteiger partial charge in [-0.15, -0.1) is 0 Å². The van der Waals surface area contributed by atoms with E-state index < -0.39 is 41.4 Å². The Hall–Kier alpha value is -2.44. The monoisotopic (exact) mass is 442 g/mol. The molecule has 0 heterocycles. The third-order valence-corrected chi connectivity index (χ3v) is 5.41. The first kappa shape index (κ1) is 24.8. The number of ether oxygens (including phenoxy) is 1. The number of hydrogen-bond donors (Lipinski definition) is 0. The van der Waals surface area contributed by atoms with E-state index in [0.29, 0.717) is 18.4 Å². The standard InChI is InChI=1S/C24H27F5O2/c1-4-6-7-15-23(3,24(27,28)29)22(30)31-19-14-13-18(20(25)21(19)26)17-11-9-16(8-5-2)10-12-17/h9-14H,4-8,15H2,1-3H3. The van der Waals surface area contributed by atoms with Gasteiger partial charge in [0.25, 0.3) is 0 Å². The number of benzene rings is 2. The zero-order chi connectivity index (χ0) is 23.2. The Morgan fingerprint density at radius 1 is 0.903 bits per heavy atom. The van der Waals surface area contributed by atoms with Gasteiger partial charge >= 0.3 is 12.1 Å². The molecule has 0 fully saturated rings. The molecule has 0 aromatic heterocycles. The summed E-state index contributed by atoms with van der Waals surface area (Å²) in [5.74, 6) is -5.29. The summed E-state index contributed by atoms with van der Waals surface area (Å²) < 4.78 is 74.6. The molecule has 2 aromatic carbocycles. The lowest BCUT2D eigenvalue weighted by molar-refractivity contribution is -0.227. The molecule has 2 nitrogen and oxygen atoms in total. The highest BCUT2D eigenvalue weighted by Gasteiger charge is 2.57. The minimum absolute atomic E-state index is 0.0677. The van der Waals surface area contributed by atoms with E-state index in [1.807, 2.05) is 13.8 Å². The van der Waals surface area contributed by atoms with Crippen LogP contribution in [0, 0.1) is 17.0 Å². The predicted molar refractivity (Wildman–Crippen MR) is 110 cm³/mol. The highest BCUT2D eigenvalue weighted by atomic mass is 19.4.